The summed E-state index contributed by atoms with van der Waals surface area (Å²) >= 11 is 1.60. The van der Waals surface area contributed by atoms with Gasteiger partial charge in [0.15, 0.2) is 0 Å². The molecule has 3 atom stereocenters. The van der Waals surface area contributed by atoms with Gasteiger partial charge in [-0.05, 0) is 56.1 Å². The number of benzene rings is 1. The summed E-state index contributed by atoms with van der Waals surface area (Å²) in [6, 6.07) is 8.53. The molecule has 2 unspecified atom stereocenters. The zero-order chi connectivity index (χ0) is 27.0. The number of nitrogens with one attached hydrogen (secondary N) is 2. The maximum absolute atomic E-state index is 13.7. The van der Waals surface area contributed by atoms with Gasteiger partial charge >= 0.3 is 0 Å². The summed E-state index contributed by atoms with van der Waals surface area (Å²) in [7, 11) is 0. The van der Waals surface area contributed by atoms with Gasteiger partial charge in [0.25, 0.3) is 0 Å². The van der Waals surface area contributed by atoms with Crippen molar-refractivity contribution in [3.05, 3.63) is 41.0 Å². The summed E-state index contributed by atoms with van der Waals surface area (Å²) in [4.78, 5) is 46.8. The van der Waals surface area contributed by atoms with E-state index >= 15 is 0 Å². The fourth-order valence-electron chi connectivity index (χ4n) is 4.80. The molecule has 0 spiro atoms. The molecular weight excluding hydrogens is 486 g/mol. The van der Waals surface area contributed by atoms with Crippen LogP contribution in [0.15, 0.2) is 29.8 Å². The lowest BCUT2D eigenvalue weighted by Crippen LogP contribution is -2.58. The highest BCUT2D eigenvalue weighted by atomic mass is 32.1. The molecule has 196 valence electrons. The number of thiazole rings is 1. The number of carbonyl (C=O) groups excluding carboxylic acids is 3. The lowest BCUT2D eigenvalue weighted by Gasteiger charge is -2.36. The zero-order valence-corrected chi connectivity index (χ0v) is 22.9. The molecule has 1 saturated carbocycles. The Labute approximate surface area is 222 Å². The van der Waals surface area contributed by atoms with Gasteiger partial charge < -0.3 is 15.5 Å². The molecule has 1 aliphatic heterocycles. The Hall–Kier alpha value is -3.25. The minimum absolute atomic E-state index is 0.199. The van der Waals surface area contributed by atoms with Gasteiger partial charge in [-0.1, -0.05) is 45.0 Å². The lowest BCUT2D eigenvalue weighted by atomic mass is 9.85. The summed E-state index contributed by atoms with van der Waals surface area (Å²) in [5.41, 5.74) is 3.30. The van der Waals surface area contributed by atoms with Crippen LogP contribution in [0.5, 0.6) is 0 Å². The second kappa shape index (κ2) is 10.3. The van der Waals surface area contributed by atoms with E-state index in [0.717, 1.165) is 21.7 Å². The normalized spacial score (nSPS) is 20.0. The zero-order valence-electron chi connectivity index (χ0n) is 22.1. The van der Waals surface area contributed by atoms with Crippen molar-refractivity contribution < 1.29 is 14.4 Å². The van der Waals surface area contributed by atoms with E-state index in [1.54, 1.807) is 16.2 Å². The maximum atomic E-state index is 13.7. The van der Waals surface area contributed by atoms with Gasteiger partial charge in [0, 0.05) is 6.54 Å². The van der Waals surface area contributed by atoms with Crippen LogP contribution in [0.2, 0.25) is 0 Å². The smallest absolute Gasteiger partial charge is 0.246 e. The topological polar surface area (TPSA) is 115 Å². The van der Waals surface area contributed by atoms with Gasteiger partial charge in [-0.15, -0.1) is 11.3 Å². The van der Waals surface area contributed by atoms with Crippen LogP contribution in [0.25, 0.3) is 10.4 Å². The van der Waals surface area contributed by atoms with Crippen LogP contribution in [-0.2, 0) is 14.4 Å². The summed E-state index contributed by atoms with van der Waals surface area (Å²) in [5.74, 6) is -0.867. The number of aryl methyl sites for hydroxylation is 1. The first kappa shape index (κ1) is 26.8. The average Bonchev–Trinajstić information content (AvgIpc) is 3.29. The molecule has 1 aliphatic carbocycles. The Bertz CT molecular complexity index is 1220. The predicted molar refractivity (Wildman–Crippen MR) is 142 cm³/mol. The van der Waals surface area contributed by atoms with Crippen molar-refractivity contribution in [2.75, 3.05) is 6.54 Å². The first-order valence-corrected chi connectivity index (χ1v) is 13.7. The second-order valence-corrected chi connectivity index (χ2v) is 12.1. The van der Waals surface area contributed by atoms with Crippen molar-refractivity contribution in [1.29, 1.82) is 5.26 Å². The van der Waals surface area contributed by atoms with Crippen molar-refractivity contribution in [3.8, 4) is 16.5 Å². The lowest BCUT2D eigenvalue weighted by molar-refractivity contribution is -0.144. The van der Waals surface area contributed by atoms with Gasteiger partial charge in [-0.2, -0.15) is 5.26 Å². The number of aromatic nitrogens is 1. The molecule has 37 heavy (non-hydrogen) atoms. The van der Waals surface area contributed by atoms with E-state index in [-0.39, 0.29) is 17.9 Å². The fourth-order valence-corrected chi connectivity index (χ4v) is 5.61. The summed E-state index contributed by atoms with van der Waals surface area (Å²) < 4.78 is 0. The molecule has 2 heterocycles. The van der Waals surface area contributed by atoms with Gasteiger partial charge in [0.2, 0.25) is 17.7 Å². The van der Waals surface area contributed by atoms with Crippen molar-refractivity contribution in [1.82, 2.24) is 20.5 Å². The van der Waals surface area contributed by atoms with Crippen molar-refractivity contribution in [3.63, 3.8) is 0 Å². The third-order valence-electron chi connectivity index (χ3n) is 7.40. The van der Waals surface area contributed by atoms with Crippen molar-refractivity contribution >= 4 is 29.1 Å². The van der Waals surface area contributed by atoms with E-state index in [1.165, 1.54) is 0 Å². The SMILES string of the molecule is Cc1ncsc1-c1ccc(C(C)NC(=O)C2CCCN2C(=O)[C@@H](NC(=O)C2(C#N)CC2)C(C)(C)C)cc1. The molecule has 2 aliphatic rings. The number of hydrogen-bond donors (Lipinski definition) is 2. The molecule has 3 amide bonds. The van der Waals surface area contributed by atoms with E-state index in [0.29, 0.717) is 32.2 Å². The highest BCUT2D eigenvalue weighted by Gasteiger charge is 2.53. The molecule has 2 fully saturated rings. The van der Waals surface area contributed by atoms with Crippen molar-refractivity contribution in [2.24, 2.45) is 10.8 Å². The predicted octanol–water partition coefficient (Wildman–Crippen LogP) is 4.12. The van der Waals surface area contributed by atoms with Gasteiger partial charge in [-0.3, -0.25) is 14.4 Å². The first-order chi connectivity index (χ1) is 17.5. The average molecular weight is 522 g/mol. The summed E-state index contributed by atoms with van der Waals surface area (Å²) in [6.07, 6.45) is 2.31. The standard InChI is InChI=1S/C28H35N5O3S/c1-17(19-8-10-20(11-9-19)22-18(2)30-16-37-22)31-24(34)21-7-6-14-33(21)25(35)23(27(3,4)5)32-26(36)28(15-29)12-13-28/h8-11,16-17,21,23H,6-7,12-14H2,1-5H3,(H,31,34)(H,32,36)/t17?,21?,23-/m1/s1. The maximum Gasteiger partial charge on any atom is 0.246 e. The van der Waals surface area contributed by atoms with Crippen LogP contribution in [-0.4, -0.2) is 46.2 Å². The largest absolute Gasteiger partial charge is 0.348 e. The highest BCUT2D eigenvalue weighted by molar-refractivity contribution is 7.13. The third-order valence-corrected chi connectivity index (χ3v) is 8.38. The third kappa shape index (κ3) is 5.54. The minimum Gasteiger partial charge on any atom is -0.348 e. The summed E-state index contributed by atoms with van der Waals surface area (Å²) in [6.45, 7) is 10.0. The van der Waals surface area contributed by atoms with Crippen LogP contribution in [0.3, 0.4) is 0 Å². The molecule has 8 nitrogen and oxygen atoms in total. The fraction of sp³-hybridized carbons (Fsp3) is 0.536. The van der Waals surface area contributed by atoms with Crippen LogP contribution < -0.4 is 10.6 Å². The van der Waals surface area contributed by atoms with Gasteiger partial charge in [-0.25, -0.2) is 4.98 Å². The van der Waals surface area contributed by atoms with E-state index in [4.69, 9.17) is 0 Å². The van der Waals surface area contributed by atoms with Gasteiger partial charge in [0.1, 0.15) is 17.5 Å². The molecule has 9 heteroatoms. The number of carbonyl (C=O) groups is 3. The van der Waals surface area contributed by atoms with E-state index < -0.39 is 28.8 Å². The molecule has 2 aromatic rings. The van der Waals surface area contributed by atoms with E-state index in [2.05, 4.69) is 21.7 Å². The first-order valence-electron chi connectivity index (χ1n) is 12.8. The Morgan fingerprint density at radius 2 is 1.86 bits per heavy atom. The molecular formula is C28H35N5O3S. The molecule has 0 bridgehead atoms. The molecule has 1 aromatic heterocycles. The summed E-state index contributed by atoms with van der Waals surface area (Å²) in [5, 5.41) is 15.3. The molecule has 1 aromatic carbocycles. The molecule has 4 rings (SSSR count). The Morgan fingerprint density at radius 3 is 2.41 bits per heavy atom. The Balaban J connectivity index is 1.43. The second-order valence-electron chi connectivity index (χ2n) is 11.3. The number of hydrogen-bond acceptors (Lipinski definition) is 6. The number of nitriles is 1. The molecule has 1 saturated heterocycles. The molecule has 0 radical (unpaired) electrons. The van der Waals surface area contributed by atoms with E-state index in [1.807, 2.05) is 64.4 Å². The van der Waals surface area contributed by atoms with Crippen LogP contribution in [0.1, 0.15) is 70.7 Å². The number of nitrogens with zero attached hydrogens (tertiary/aromatic N) is 3. The Kier molecular flexibility index (Phi) is 7.43. The number of amides is 3. The molecule has 2 N–H and O–H groups in total. The van der Waals surface area contributed by atoms with Gasteiger partial charge in [0.05, 0.1) is 28.2 Å². The highest BCUT2D eigenvalue weighted by Crippen LogP contribution is 2.45. The van der Waals surface area contributed by atoms with Crippen LogP contribution in [0.4, 0.5) is 0 Å². The van der Waals surface area contributed by atoms with Crippen molar-refractivity contribution in [2.45, 2.75) is 78.4 Å². The monoisotopic (exact) mass is 521 g/mol. The van der Waals surface area contributed by atoms with Crippen LogP contribution >= 0.6 is 11.3 Å². The number of rotatable bonds is 7. The number of likely N-dealkylation sites (tertiary alicyclic amines) is 1. The quantitative estimate of drug-likeness (QED) is 0.569. The Morgan fingerprint density at radius 1 is 1.19 bits per heavy atom. The van der Waals surface area contributed by atoms with E-state index in [9.17, 15) is 19.6 Å². The van der Waals surface area contributed by atoms with Crippen LogP contribution in [0, 0.1) is 29.1 Å². The minimum atomic E-state index is -1.02.